The van der Waals surface area contributed by atoms with E-state index in [1.54, 1.807) is 0 Å². The molecule has 0 nitrogen and oxygen atoms in total. The highest BCUT2D eigenvalue weighted by atomic mass is 13.9. The third kappa shape index (κ3) is 10.5. The molecule has 0 heteroatoms. The first kappa shape index (κ1) is 36.3. The normalized spacial score (nSPS) is 7.36. The van der Waals surface area contributed by atoms with Crippen molar-refractivity contribution in [2.75, 3.05) is 0 Å². The summed E-state index contributed by atoms with van der Waals surface area (Å²) < 4.78 is 0. The molecular formula is C28H46. The van der Waals surface area contributed by atoms with E-state index < -0.39 is 0 Å². The van der Waals surface area contributed by atoms with Gasteiger partial charge in [0.25, 0.3) is 0 Å². The molecule has 0 aliphatic heterocycles. The zero-order valence-electron chi connectivity index (χ0n) is 13.2. The molecule has 0 fully saturated rings. The van der Waals surface area contributed by atoms with Crippen LogP contribution < -0.4 is 0 Å². The van der Waals surface area contributed by atoms with E-state index in [-0.39, 0.29) is 44.6 Å². The van der Waals surface area contributed by atoms with Crippen LogP contribution in [0.25, 0.3) is 21.5 Å². The maximum absolute atomic E-state index is 2.12. The minimum absolute atomic E-state index is 0. The Hall–Kier alpha value is -2.60. The molecule has 0 aliphatic carbocycles. The molecule has 28 heavy (non-hydrogen) atoms. The summed E-state index contributed by atoms with van der Waals surface area (Å²) in [7, 11) is 0. The molecule has 0 amide bonds. The number of hydrogen-bond acceptors (Lipinski definition) is 0. The number of rotatable bonds is 0. The molecule has 0 heterocycles. The Bertz CT molecular complexity index is 613. The molecule has 0 saturated carbocycles. The van der Waals surface area contributed by atoms with Crippen molar-refractivity contribution in [1.82, 2.24) is 0 Å². The smallest absolute Gasteiger partial charge is 0.0184 e. The molecule has 0 aliphatic rings. The van der Waals surface area contributed by atoms with E-state index in [4.69, 9.17) is 0 Å². The van der Waals surface area contributed by atoms with Crippen molar-refractivity contribution >= 4 is 21.5 Å². The zero-order valence-corrected chi connectivity index (χ0v) is 13.2. The fourth-order valence-corrected chi connectivity index (χ4v) is 2.27. The van der Waals surface area contributed by atoms with E-state index in [0.717, 1.165) is 0 Å². The molecule has 0 radical (unpaired) electrons. The number of fused-ring (bicyclic) bond motifs is 2. The maximum atomic E-state index is 2.12. The lowest BCUT2D eigenvalue weighted by molar-refractivity contribution is 1.50. The molecule has 0 N–H and O–H groups in total. The van der Waals surface area contributed by atoms with E-state index in [1.165, 1.54) is 21.5 Å². The first-order chi connectivity index (χ1) is 10.9. The maximum Gasteiger partial charge on any atom is -0.0184 e. The Morgan fingerprint density at radius 2 is 0.393 bits per heavy atom. The average molecular weight is 383 g/mol. The van der Waals surface area contributed by atoms with Gasteiger partial charge in [-0.25, -0.2) is 0 Å². The monoisotopic (exact) mass is 382 g/mol. The van der Waals surface area contributed by atoms with Crippen LogP contribution in [0.15, 0.2) is 97.1 Å². The lowest BCUT2D eigenvalue weighted by Crippen LogP contribution is -1.67. The molecule has 0 atom stereocenters. The van der Waals surface area contributed by atoms with E-state index in [1.807, 2.05) is 13.8 Å². The molecule has 0 bridgehead atoms. The van der Waals surface area contributed by atoms with Crippen LogP contribution in [0, 0.1) is 0 Å². The summed E-state index contributed by atoms with van der Waals surface area (Å²) in [6.45, 7) is 4.00. The average Bonchev–Trinajstić information content (AvgIpc) is 2.64. The van der Waals surface area contributed by atoms with Crippen LogP contribution in [0.5, 0.6) is 0 Å². The fourth-order valence-electron chi connectivity index (χ4n) is 2.27. The molecule has 158 valence electrons. The summed E-state index contributed by atoms with van der Waals surface area (Å²) in [6, 6.07) is 33.4. The van der Waals surface area contributed by atoms with E-state index in [9.17, 15) is 0 Å². The predicted octanol–water partition coefficient (Wildman–Crippen LogP) is 10.5. The van der Waals surface area contributed by atoms with Gasteiger partial charge in [-0.05, 0) is 21.5 Å². The highest BCUT2D eigenvalue weighted by molar-refractivity contribution is 5.82. The van der Waals surface area contributed by atoms with Gasteiger partial charge in [0, 0.05) is 0 Å². The van der Waals surface area contributed by atoms with E-state index in [2.05, 4.69) is 97.1 Å². The summed E-state index contributed by atoms with van der Waals surface area (Å²) in [5, 5.41) is 5.24. The minimum Gasteiger partial charge on any atom is -0.0776 e. The topological polar surface area (TPSA) is 0 Å². The second-order valence-corrected chi connectivity index (χ2v) is 4.69. The summed E-state index contributed by atoms with van der Waals surface area (Å²) in [5.74, 6) is 0. The standard InChI is InChI=1S/2C10H8.C2H6.6CH4/c2*1-2-6-10-8-4-3-7-9(10)5-1;1-2;;;;;;/h2*1-8H;1-2H3;6*1H4. The van der Waals surface area contributed by atoms with Crippen molar-refractivity contribution in [2.45, 2.75) is 58.4 Å². The Morgan fingerprint density at radius 3 is 0.500 bits per heavy atom. The molecular weight excluding hydrogens is 336 g/mol. The van der Waals surface area contributed by atoms with Crippen LogP contribution in [0.2, 0.25) is 0 Å². The summed E-state index contributed by atoms with van der Waals surface area (Å²) in [4.78, 5) is 0. The van der Waals surface area contributed by atoms with E-state index >= 15 is 0 Å². The van der Waals surface area contributed by atoms with Gasteiger partial charge in [0.1, 0.15) is 0 Å². The van der Waals surface area contributed by atoms with Crippen LogP contribution in [0.4, 0.5) is 0 Å². The lowest BCUT2D eigenvalue weighted by Gasteiger charge is -1.92. The van der Waals surface area contributed by atoms with Gasteiger partial charge in [-0.1, -0.05) is 155 Å². The SMILES string of the molecule is C.C.C.C.C.C.CC.c1ccc2ccccc2c1.c1ccc2ccccc2c1. The molecule has 0 aromatic heterocycles. The predicted molar refractivity (Wildman–Crippen MR) is 140 cm³/mol. The fraction of sp³-hybridized carbons (Fsp3) is 0.286. The van der Waals surface area contributed by atoms with Gasteiger partial charge in [0.2, 0.25) is 0 Å². The molecule has 4 rings (SSSR count). The lowest BCUT2D eigenvalue weighted by atomic mass is 10.1. The van der Waals surface area contributed by atoms with E-state index in [0.29, 0.717) is 0 Å². The highest BCUT2D eigenvalue weighted by Crippen LogP contribution is 2.11. The Morgan fingerprint density at radius 1 is 0.286 bits per heavy atom. The first-order valence-electron chi connectivity index (χ1n) is 7.81. The quantitative estimate of drug-likeness (QED) is 0.283. The van der Waals surface area contributed by atoms with Crippen molar-refractivity contribution in [3.63, 3.8) is 0 Å². The van der Waals surface area contributed by atoms with Crippen LogP contribution in [-0.2, 0) is 0 Å². The molecule has 0 saturated heterocycles. The van der Waals surface area contributed by atoms with Crippen LogP contribution in [0.3, 0.4) is 0 Å². The summed E-state index contributed by atoms with van der Waals surface area (Å²) in [5.41, 5.74) is 0. The Kier molecular flexibility index (Phi) is 26.9. The molecule has 0 spiro atoms. The van der Waals surface area contributed by atoms with Gasteiger partial charge in [0.05, 0.1) is 0 Å². The van der Waals surface area contributed by atoms with Gasteiger partial charge in [-0.15, -0.1) is 0 Å². The number of hydrogen-bond donors (Lipinski definition) is 0. The van der Waals surface area contributed by atoms with Crippen molar-refractivity contribution in [3.8, 4) is 0 Å². The molecule has 0 unspecified atom stereocenters. The first-order valence-corrected chi connectivity index (χ1v) is 7.81. The third-order valence-electron chi connectivity index (χ3n) is 3.32. The van der Waals surface area contributed by atoms with Crippen molar-refractivity contribution < 1.29 is 0 Å². The van der Waals surface area contributed by atoms with Crippen molar-refractivity contribution in [3.05, 3.63) is 97.1 Å². The van der Waals surface area contributed by atoms with Gasteiger partial charge in [-0.3, -0.25) is 0 Å². The largest absolute Gasteiger partial charge is 0.0776 e. The van der Waals surface area contributed by atoms with Gasteiger partial charge in [-0.2, -0.15) is 0 Å². The molecule has 4 aromatic carbocycles. The third-order valence-corrected chi connectivity index (χ3v) is 3.32. The van der Waals surface area contributed by atoms with Crippen molar-refractivity contribution in [2.24, 2.45) is 0 Å². The van der Waals surface area contributed by atoms with Gasteiger partial charge < -0.3 is 0 Å². The van der Waals surface area contributed by atoms with Gasteiger partial charge >= 0.3 is 0 Å². The summed E-state index contributed by atoms with van der Waals surface area (Å²) >= 11 is 0. The minimum atomic E-state index is 0. The second-order valence-electron chi connectivity index (χ2n) is 4.69. The van der Waals surface area contributed by atoms with Crippen molar-refractivity contribution in [1.29, 1.82) is 0 Å². The van der Waals surface area contributed by atoms with Crippen LogP contribution in [-0.4, -0.2) is 0 Å². The number of benzene rings is 4. The van der Waals surface area contributed by atoms with Gasteiger partial charge in [0.15, 0.2) is 0 Å². The van der Waals surface area contributed by atoms with Crippen LogP contribution in [0.1, 0.15) is 58.4 Å². The Balaban J connectivity index is -0.0000000967. The highest BCUT2D eigenvalue weighted by Gasteiger charge is 1.86. The second kappa shape index (κ2) is 20.7. The van der Waals surface area contributed by atoms with Crippen LogP contribution >= 0.6 is 0 Å². The summed E-state index contributed by atoms with van der Waals surface area (Å²) in [6.07, 6.45) is 0. The zero-order chi connectivity index (χ0) is 15.6. The Labute approximate surface area is 177 Å². The molecule has 4 aromatic rings.